The fourth-order valence-electron chi connectivity index (χ4n) is 2.87. The van der Waals surface area contributed by atoms with Crippen LogP contribution in [0.15, 0.2) is 72.8 Å². The highest BCUT2D eigenvalue weighted by atomic mass is 35.5. The van der Waals surface area contributed by atoms with Gasteiger partial charge in [0.05, 0.1) is 31.9 Å². The maximum Gasteiger partial charge on any atom is 0.349 e. The largest absolute Gasteiger partial charge is 0.478 e. The van der Waals surface area contributed by atoms with Crippen molar-refractivity contribution in [3.8, 4) is 0 Å². The van der Waals surface area contributed by atoms with Gasteiger partial charge in [-0.1, -0.05) is 71.2 Å². The smallest absolute Gasteiger partial charge is 0.349 e. The summed E-state index contributed by atoms with van der Waals surface area (Å²) >= 11 is 18.1. The third-order valence-corrected chi connectivity index (χ3v) is 5.55. The molecule has 3 aromatic rings. The molecule has 2 N–H and O–H groups in total. The van der Waals surface area contributed by atoms with E-state index in [9.17, 15) is 24.3 Å². The molecule has 1 amide bonds. The second kappa shape index (κ2) is 11.7. The average Bonchev–Trinajstić information content (AvgIpc) is 2.82. The van der Waals surface area contributed by atoms with Crippen molar-refractivity contribution in [2.75, 3.05) is 5.32 Å². The molecule has 35 heavy (non-hydrogen) atoms. The first-order valence-corrected chi connectivity index (χ1v) is 11.0. The standard InChI is InChI=1S/C24H16Cl3NO7/c25-15-9-3-1-7-13(15)23(32)34-19(21(29)28-18-12-6-5-11-17(18)27)20(22(30)31)35-24(33)14-8-2-4-10-16(14)26/h1-12,19-20H,(H,28,29)(H,30,31)/t19-,20+/m1/s1. The van der Waals surface area contributed by atoms with E-state index in [0.29, 0.717) is 0 Å². The number of para-hydroxylation sites is 1. The van der Waals surface area contributed by atoms with Crippen molar-refractivity contribution in [2.24, 2.45) is 0 Å². The van der Waals surface area contributed by atoms with Gasteiger partial charge in [0.25, 0.3) is 5.91 Å². The van der Waals surface area contributed by atoms with E-state index in [1.54, 1.807) is 24.3 Å². The topological polar surface area (TPSA) is 119 Å². The van der Waals surface area contributed by atoms with E-state index in [4.69, 9.17) is 44.3 Å². The molecule has 0 heterocycles. The van der Waals surface area contributed by atoms with Crippen LogP contribution in [0, 0.1) is 0 Å². The molecule has 0 fully saturated rings. The van der Waals surface area contributed by atoms with Crippen LogP contribution in [-0.2, 0) is 19.1 Å². The predicted octanol–water partition coefficient (Wildman–Crippen LogP) is 5.12. The summed E-state index contributed by atoms with van der Waals surface area (Å²) < 4.78 is 10.3. The van der Waals surface area contributed by atoms with E-state index in [2.05, 4.69) is 5.32 Å². The zero-order valence-corrected chi connectivity index (χ0v) is 19.9. The molecule has 3 aromatic carbocycles. The Morgan fingerprint density at radius 3 is 1.54 bits per heavy atom. The number of carboxylic acids is 1. The van der Waals surface area contributed by atoms with Gasteiger partial charge in [-0.2, -0.15) is 0 Å². The Kier molecular flexibility index (Phi) is 8.70. The van der Waals surface area contributed by atoms with Gasteiger partial charge in [0.1, 0.15) is 0 Å². The number of hydrogen-bond donors (Lipinski definition) is 2. The molecule has 2 atom stereocenters. The maximum atomic E-state index is 13.1. The van der Waals surface area contributed by atoms with Crippen LogP contribution in [0.2, 0.25) is 15.1 Å². The first-order valence-electron chi connectivity index (χ1n) is 9.88. The quantitative estimate of drug-likeness (QED) is 0.383. The van der Waals surface area contributed by atoms with Crippen molar-refractivity contribution in [2.45, 2.75) is 12.2 Å². The fraction of sp³-hybridized carbons (Fsp3) is 0.0833. The lowest BCUT2D eigenvalue weighted by atomic mass is 10.1. The van der Waals surface area contributed by atoms with Gasteiger partial charge in [-0.05, 0) is 36.4 Å². The summed E-state index contributed by atoms with van der Waals surface area (Å²) in [5.41, 5.74) is -0.172. The van der Waals surface area contributed by atoms with Gasteiger partial charge in [-0.15, -0.1) is 0 Å². The molecule has 0 saturated carbocycles. The maximum absolute atomic E-state index is 13.1. The summed E-state index contributed by atoms with van der Waals surface area (Å²) in [7, 11) is 0. The highest BCUT2D eigenvalue weighted by Gasteiger charge is 2.41. The van der Waals surface area contributed by atoms with E-state index in [-0.39, 0.29) is 31.9 Å². The molecule has 3 rings (SSSR count). The molecule has 0 spiro atoms. The van der Waals surface area contributed by atoms with Crippen molar-refractivity contribution in [1.82, 2.24) is 0 Å². The molecule has 11 heteroatoms. The summed E-state index contributed by atoms with van der Waals surface area (Å²) in [5, 5.41) is 12.3. The van der Waals surface area contributed by atoms with Gasteiger partial charge in [-0.25, -0.2) is 14.4 Å². The van der Waals surface area contributed by atoms with Crippen molar-refractivity contribution >= 4 is 64.3 Å². The van der Waals surface area contributed by atoms with Crippen molar-refractivity contribution in [3.05, 3.63) is 99.0 Å². The first kappa shape index (κ1) is 26.0. The predicted molar refractivity (Wildman–Crippen MR) is 129 cm³/mol. The number of carboxylic acid groups (broad SMARTS) is 1. The van der Waals surface area contributed by atoms with E-state index < -0.39 is 36.0 Å². The van der Waals surface area contributed by atoms with Crippen LogP contribution in [0.1, 0.15) is 20.7 Å². The highest BCUT2D eigenvalue weighted by molar-refractivity contribution is 6.34. The van der Waals surface area contributed by atoms with Crippen LogP contribution in [0.25, 0.3) is 0 Å². The molecule has 0 radical (unpaired) electrons. The SMILES string of the molecule is O=C(O[C@H](C(=O)O)[C@@H](OC(=O)c1ccccc1Cl)C(=O)Nc1ccccc1Cl)c1ccccc1Cl. The van der Waals surface area contributed by atoms with Gasteiger partial charge in [-0.3, -0.25) is 4.79 Å². The normalized spacial score (nSPS) is 12.2. The van der Waals surface area contributed by atoms with Crippen molar-refractivity contribution in [3.63, 3.8) is 0 Å². The minimum atomic E-state index is -2.24. The van der Waals surface area contributed by atoms with Gasteiger partial charge < -0.3 is 19.9 Å². The second-order valence-corrected chi connectivity index (χ2v) is 8.14. The highest BCUT2D eigenvalue weighted by Crippen LogP contribution is 2.24. The Balaban J connectivity index is 1.95. The van der Waals surface area contributed by atoms with E-state index in [1.807, 2.05) is 0 Å². The van der Waals surface area contributed by atoms with Crippen LogP contribution in [0.5, 0.6) is 0 Å². The number of rotatable bonds is 8. The number of esters is 2. The Labute approximate surface area is 214 Å². The summed E-state index contributed by atoms with van der Waals surface area (Å²) in [6, 6.07) is 17.6. The van der Waals surface area contributed by atoms with Crippen LogP contribution < -0.4 is 5.32 Å². The third-order valence-electron chi connectivity index (χ3n) is 4.56. The fourth-order valence-corrected chi connectivity index (χ4v) is 3.48. The van der Waals surface area contributed by atoms with Gasteiger partial charge in [0, 0.05) is 0 Å². The van der Waals surface area contributed by atoms with Crippen molar-refractivity contribution < 1.29 is 33.8 Å². The zero-order chi connectivity index (χ0) is 25.5. The Hall–Kier alpha value is -3.59. The molecule has 0 aliphatic rings. The summed E-state index contributed by atoms with van der Waals surface area (Å²) in [6.07, 6.45) is -4.37. The van der Waals surface area contributed by atoms with E-state index in [0.717, 1.165) is 0 Å². The van der Waals surface area contributed by atoms with Crippen LogP contribution in [0.4, 0.5) is 5.69 Å². The molecule has 8 nitrogen and oxygen atoms in total. The average molecular weight is 537 g/mol. The van der Waals surface area contributed by atoms with E-state index in [1.165, 1.54) is 48.5 Å². The van der Waals surface area contributed by atoms with Crippen molar-refractivity contribution in [1.29, 1.82) is 0 Å². The number of benzene rings is 3. The van der Waals surface area contributed by atoms with Gasteiger partial charge in [0.2, 0.25) is 12.2 Å². The molecule has 0 aromatic heterocycles. The minimum Gasteiger partial charge on any atom is -0.478 e. The number of amides is 1. The third kappa shape index (κ3) is 6.51. The Morgan fingerprint density at radius 2 is 1.09 bits per heavy atom. The number of ether oxygens (including phenoxy) is 2. The van der Waals surface area contributed by atoms with Crippen LogP contribution >= 0.6 is 34.8 Å². The van der Waals surface area contributed by atoms with Gasteiger partial charge >= 0.3 is 17.9 Å². The molecule has 0 unspecified atom stereocenters. The Bertz CT molecular complexity index is 1280. The zero-order valence-electron chi connectivity index (χ0n) is 17.6. The number of nitrogens with one attached hydrogen (secondary N) is 1. The lowest BCUT2D eigenvalue weighted by Crippen LogP contribution is -2.48. The Morgan fingerprint density at radius 1 is 0.657 bits per heavy atom. The lowest BCUT2D eigenvalue weighted by molar-refractivity contribution is -0.157. The summed E-state index contributed by atoms with van der Waals surface area (Å²) in [5.74, 6) is -5.13. The number of aliphatic carboxylic acids is 1. The summed E-state index contributed by atoms with van der Waals surface area (Å²) in [4.78, 5) is 50.6. The van der Waals surface area contributed by atoms with Crippen LogP contribution in [-0.4, -0.2) is 41.1 Å². The lowest BCUT2D eigenvalue weighted by Gasteiger charge is -2.24. The summed E-state index contributed by atoms with van der Waals surface area (Å²) in [6.45, 7) is 0. The number of hydrogen-bond acceptors (Lipinski definition) is 6. The van der Waals surface area contributed by atoms with Crippen LogP contribution in [0.3, 0.4) is 0 Å². The minimum absolute atomic E-state index is 0.00250. The second-order valence-electron chi connectivity index (χ2n) is 6.92. The molecular weight excluding hydrogens is 521 g/mol. The molecule has 0 bridgehead atoms. The molecule has 0 aliphatic carbocycles. The number of carbonyl (C=O) groups excluding carboxylic acids is 3. The number of anilines is 1. The monoisotopic (exact) mass is 535 g/mol. The number of halogens is 3. The molecule has 0 aliphatic heterocycles. The number of carbonyl (C=O) groups is 4. The molecule has 0 saturated heterocycles. The molecular formula is C24H16Cl3NO7. The van der Waals surface area contributed by atoms with E-state index >= 15 is 0 Å². The van der Waals surface area contributed by atoms with Gasteiger partial charge in [0.15, 0.2) is 0 Å². The molecule has 180 valence electrons. The first-order chi connectivity index (χ1) is 16.7.